The van der Waals surface area contributed by atoms with E-state index in [1.165, 1.54) is 22.2 Å². The lowest BCUT2D eigenvalue weighted by molar-refractivity contribution is 0.283. The fourth-order valence-corrected chi connectivity index (χ4v) is 4.11. The van der Waals surface area contributed by atoms with Crippen molar-refractivity contribution in [2.75, 3.05) is 0 Å². The summed E-state index contributed by atoms with van der Waals surface area (Å²) in [5.41, 5.74) is 7.17. The van der Waals surface area contributed by atoms with Crippen LogP contribution in [0, 0.1) is 0 Å². The van der Waals surface area contributed by atoms with Crippen LogP contribution in [0.4, 0.5) is 0 Å². The Morgan fingerprint density at radius 2 is 1.50 bits per heavy atom. The third-order valence-corrected chi connectivity index (χ3v) is 5.06. The molecule has 2 nitrogen and oxygen atoms in total. The van der Waals surface area contributed by atoms with Crippen LogP contribution in [0.3, 0.4) is 0 Å². The van der Waals surface area contributed by atoms with Crippen molar-refractivity contribution in [2.24, 2.45) is 0 Å². The molecule has 0 fully saturated rings. The summed E-state index contributed by atoms with van der Waals surface area (Å²) in [7, 11) is 0. The Labute approximate surface area is 140 Å². The van der Waals surface area contributed by atoms with Crippen LogP contribution in [-0.4, -0.2) is 9.67 Å². The van der Waals surface area contributed by atoms with Crippen molar-refractivity contribution in [2.45, 2.75) is 12.6 Å². The van der Waals surface area contributed by atoms with Crippen LogP contribution in [-0.2, 0) is 6.61 Å². The molecule has 0 aliphatic carbocycles. The first-order chi connectivity index (χ1) is 11.9. The molecule has 1 aliphatic heterocycles. The van der Waals surface area contributed by atoms with Crippen LogP contribution in [0.25, 0.3) is 22.2 Å². The molecule has 1 aliphatic rings. The molecule has 1 unspecified atom stereocenters. The molecule has 5 rings (SSSR count). The van der Waals surface area contributed by atoms with Crippen LogP contribution in [0.2, 0.25) is 0 Å². The monoisotopic (exact) mass is 311 g/mol. The highest BCUT2D eigenvalue weighted by atomic mass is 16.3. The third kappa shape index (κ3) is 1.69. The summed E-state index contributed by atoms with van der Waals surface area (Å²) in [6, 6.07) is 27.7. The zero-order chi connectivity index (χ0) is 16.1. The Morgan fingerprint density at radius 3 is 2.33 bits per heavy atom. The van der Waals surface area contributed by atoms with E-state index in [4.69, 9.17) is 0 Å². The number of hydrogen-bond acceptors (Lipinski definition) is 1. The Kier molecular flexibility index (Phi) is 2.88. The number of aliphatic hydroxyl groups is 1. The summed E-state index contributed by atoms with van der Waals surface area (Å²) < 4.78 is 2.39. The lowest BCUT2D eigenvalue weighted by Crippen LogP contribution is -2.07. The number of aliphatic hydroxyl groups excluding tert-OH is 1. The van der Waals surface area contributed by atoms with Gasteiger partial charge in [-0.25, -0.2) is 0 Å². The molecule has 0 amide bonds. The lowest BCUT2D eigenvalue weighted by Gasteiger charge is -2.17. The second-order valence-electron chi connectivity index (χ2n) is 6.27. The Morgan fingerprint density at radius 1 is 0.792 bits per heavy atom. The Bertz CT molecular complexity index is 1050. The molecule has 0 spiro atoms. The van der Waals surface area contributed by atoms with E-state index in [-0.39, 0.29) is 12.6 Å². The normalized spacial score (nSPS) is 15.5. The largest absolute Gasteiger partial charge is 0.392 e. The van der Waals surface area contributed by atoms with E-state index in [9.17, 15) is 5.11 Å². The van der Waals surface area contributed by atoms with E-state index in [2.05, 4.69) is 77.4 Å². The van der Waals surface area contributed by atoms with E-state index >= 15 is 0 Å². The van der Waals surface area contributed by atoms with E-state index < -0.39 is 0 Å². The number of para-hydroxylation sites is 1. The fourth-order valence-electron chi connectivity index (χ4n) is 4.11. The summed E-state index contributed by atoms with van der Waals surface area (Å²) in [5, 5.41) is 11.2. The van der Waals surface area contributed by atoms with Gasteiger partial charge in [-0.2, -0.15) is 0 Å². The molecule has 0 radical (unpaired) electrons. The SMILES string of the molecule is OCc1c2n(c3ccccc13)C(c1ccccc1)c1ccccc1-2. The molecule has 0 saturated carbocycles. The number of benzene rings is 3. The summed E-state index contributed by atoms with van der Waals surface area (Å²) in [6.45, 7) is 0.0543. The van der Waals surface area contributed by atoms with Gasteiger partial charge in [0.2, 0.25) is 0 Å². The van der Waals surface area contributed by atoms with Crippen LogP contribution in [0.15, 0.2) is 78.9 Å². The molecule has 0 bridgehead atoms. The van der Waals surface area contributed by atoms with Gasteiger partial charge in [-0.1, -0.05) is 72.8 Å². The molecular formula is C22H17NO. The molecule has 1 aromatic heterocycles. The van der Waals surface area contributed by atoms with Crippen molar-refractivity contribution in [1.82, 2.24) is 4.57 Å². The van der Waals surface area contributed by atoms with Gasteiger partial charge >= 0.3 is 0 Å². The first-order valence-corrected chi connectivity index (χ1v) is 8.27. The van der Waals surface area contributed by atoms with E-state index in [0.29, 0.717) is 0 Å². The summed E-state index contributed by atoms with van der Waals surface area (Å²) in [6.07, 6.45) is 0. The molecule has 1 N–H and O–H groups in total. The van der Waals surface area contributed by atoms with Gasteiger partial charge in [0.05, 0.1) is 18.3 Å². The Hall–Kier alpha value is -2.84. The predicted molar refractivity (Wildman–Crippen MR) is 97.0 cm³/mol. The van der Waals surface area contributed by atoms with Crippen molar-refractivity contribution in [3.63, 3.8) is 0 Å². The summed E-state index contributed by atoms with van der Waals surface area (Å²) >= 11 is 0. The highest BCUT2D eigenvalue weighted by Gasteiger charge is 2.33. The van der Waals surface area contributed by atoms with Crippen LogP contribution >= 0.6 is 0 Å². The van der Waals surface area contributed by atoms with Gasteiger partial charge in [0.15, 0.2) is 0 Å². The number of rotatable bonds is 2. The molecule has 2 heterocycles. The maximum absolute atomic E-state index is 10.1. The number of fused-ring (bicyclic) bond motifs is 5. The highest BCUT2D eigenvalue weighted by molar-refractivity contribution is 5.95. The Balaban J connectivity index is 1.93. The first kappa shape index (κ1) is 13.6. The minimum Gasteiger partial charge on any atom is -0.392 e. The van der Waals surface area contributed by atoms with Crippen LogP contribution < -0.4 is 0 Å². The van der Waals surface area contributed by atoms with Crippen molar-refractivity contribution in [3.05, 3.63) is 95.6 Å². The molecule has 116 valence electrons. The van der Waals surface area contributed by atoms with Gasteiger partial charge < -0.3 is 9.67 Å². The predicted octanol–water partition coefficient (Wildman–Crippen LogP) is 4.75. The number of aromatic nitrogens is 1. The maximum atomic E-state index is 10.1. The van der Waals surface area contributed by atoms with Gasteiger partial charge in [-0.15, -0.1) is 0 Å². The first-order valence-electron chi connectivity index (χ1n) is 8.27. The fraction of sp³-hybridized carbons (Fsp3) is 0.0909. The minimum absolute atomic E-state index is 0.0543. The molecule has 2 heteroatoms. The van der Waals surface area contributed by atoms with Crippen molar-refractivity contribution in [3.8, 4) is 11.3 Å². The molecule has 0 saturated heterocycles. The van der Waals surface area contributed by atoms with Crippen LogP contribution in [0.5, 0.6) is 0 Å². The van der Waals surface area contributed by atoms with Crippen molar-refractivity contribution in [1.29, 1.82) is 0 Å². The van der Waals surface area contributed by atoms with Gasteiger partial charge in [0, 0.05) is 22.0 Å². The highest BCUT2D eigenvalue weighted by Crippen LogP contribution is 2.48. The molecule has 4 aromatic rings. The van der Waals surface area contributed by atoms with Crippen molar-refractivity contribution >= 4 is 10.9 Å². The van der Waals surface area contributed by atoms with E-state index in [1.807, 2.05) is 6.07 Å². The van der Waals surface area contributed by atoms with Gasteiger partial charge in [0.25, 0.3) is 0 Å². The quantitative estimate of drug-likeness (QED) is 0.500. The van der Waals surface area contributed by atoms with Gasteiger partial charge in [-0.3, -0.25) is 0 Å². The average molecular weight is 311 g/mol. The summed E-state index contributed by atoms with van der Waals surface area (Å²) in [4.78, 5) is 0. The zero-order valence-electron chi connectivity index (χ0n) is 13.2. The topological polar surface area (TPSA) is 25.2 Å². The zero-order valence-corrected chi connectivity index (χ0v) is 13.2. The molecular weight excluding hydrogens is 294 g/mol. The van der Waals surface area contributed by atoms with Crippen molar-refractivity contribution < 1.29 is 5.11 Å². The standard InChI is InChI=1S/C22H17NO/c24-14-19-16-10-6-7-13-20(16)23-21(15-8-2-1-3-9-15)17-11-4-5-12-18(17)22(19)23/h1-13,21,24H,14H2. The summed E-state index contributed by atoms with van der Waals surface area (Å²) in [5.74, 6) is 0. The minimum atomic E-state index is 0.0543. The third-order valence-electron chi connectivity index (χ3n) is 5.06. The van der Waals surface area contributed by atoms with E-state index in [0.717, 1.165) is 16.6 Å². The second-order valence-corrected chi connectivity index (χ2v) is 6.27. The maximum Gasteiger partial charge on any atom is 0.0851 e. The molecule has 3 aromatic carbocycles. The van der Waals surface area contributed by atoms with E-state index in [1.54, 1.807) is 0 Å². The number of nitrogens with zero attached hydrogens (tertiary/aromatic N) is 1. The second kappa shape index (κ2) is 5.08. The van der Waals surface area contributed by atoms with Crippen LogP contribution in [0.1, 0.15) is 22.7 Å². The van der Waals surface area contributed by atoms with Gasteiger partial charge in [0.1, 0.15) is 0 Å². The molecule has 1 atom stereocenters. The van der Waals surface area contributed by atoms with Gasteiger partial charge in [-0.05, 0) is 17.2 Å². The molecule has 24 heavy (non-hydrogen) atoms. The lowest BCUT2D eigenvalue weighted by atomic mass is 9.95. The average Bonchev–Trinajstić information content (AvgIpc) is 3.15. The number of hydrogen-bond donors (Lipinski definition) is 1. The smallest absolute Gasteiger partial charge is 0.0851 e.